The highest BCUT2D eigenvalue weighted by Gasteiger charge is 2.14. The zero-order valence-corrected chi connectivity index (χ0v) is 11.4. The van der Waals surface area contributed by atoms with Gasteiger partial charge in [-0.05, 0) is 43.5 Å². The highest BCUT2D eigenvalue weighted by molar-refractivity contribution is 5.83. The third-order valence-corrected chi connectivity index (χ3v) is 2.92. The lowest BCUT2D eigenvalue weighted by Gasteiger charge is -2.19. The van der Waals surface area contributed by atoms with Crippen LogP contribution < -0.4 is 5.32 Å². The lowest BCUT2D eigenvalue weighted by molar-refractivity contribution is -0.129. The maximum atomic E-state index is 11.7. The van der Waals surface area contributed by atoms with Gasteiger partial charge >= 0.3 is 0 Å². The molecule has 17 heavy (non-hydrogen) atoms. The Labute approximate surface area is 104 Å². The Morgan fingerprint density at radius 1 is 1.41 bits per heavy atom. The molecule has 0 spiro atoms. The summed E-state index contributed by atoms with van der Waals surface area (Å²) in [6, 6.07) is 6.04. The van der Waals surface area contributed by atoms with Gasteiger partial charge < -0.3 is 10.2 Å². The number of carbonyl (C=O) groups excluding carboxylic acids is 1. The second kappa shape index (κ2) is 5.71. The van der Waals surface area contributed by atoms with Crippen molar-refractivity contribution in [3.63, 3.8) is 0 Å². The van der Waals surface area contributed by atoms with E-state index in [1.165, 1.54) is 11.1 Å². The maximum Gasteiger partial charge on any atom is 0.244 e. The summed E-state index contributed by atoms with van der Waals surface area (Å²) in [6.07, 6.45) is 1.01. The molecule has 0 aliphatic heterocycles. The Morgan fingerprint density at radius 3 is 2.59 bits per heavy atom. The van der Waals surface area contributed by atoms with Gasteiger partial charge in [0.15, 0.2) is 0 Å². The van der Waals surface area contributed by atoms with Gasteiger partial charge in [-0.2, -0.15) is 0 Å². The molecule has 0 heterocycles. The van der Waals surface area contributed by atoms with Crippen molar-refractivity contribution in [2.45, 2.75) is 33.2 Å². The van der Waals surface area contributed by atoms with E-state index in [1.54, 1.807) is 19.0 Å². The lowest BCUT2D eigenvalue weighted by atomic mass is 10.1. The summed E-state index contributed by atoms with van der Waals surface area (Å²) in [7, 11) is 3.54. The third kappa shape index (κ3) is 3.48. The fourth-order valence-corrected chi connectivity index (χ4v) is 1.84. The lowest BCUT2D eigenvalue weighted by Crippen LogP contribution is -2.36. The van der Waals surface area contributed by atoms with Crippen LogP contribution in [0.4, 0.5) is 5.69 Å². The normalized spacial score (nSPS) is 12.1. The minimum atomic E-state index is -0.197. The predicted molar refractivity (Wildman–Crippen MR) is 72.3 cm³/mol. The zero-order chi connectivity index (χ0) is 13.0. The van der Waals surface area contributed by atoms with Gasteiger partial charge in [0, 0.05) is 19.8 Å². The number of likely N-dealkylation sites (N-methyl/N-ethyl adjacent to an activating group) is 1. The van der Waals surface area contributed by atoms with Gasteiger partial charge in [-0.1, -0.05) is 13.0 Å². The number of rotatable bonds is 4. The standard InChI is InChI=1S/C14H22N2O/c1-6-12-9-13(8-7-10(12)2)15-11(3)14(17)16(4)5/h7-9,11,15H,6H2,1-5H3. The van der Waals surface area contributed by atoms with Crippen molar-refractivity contribution < 1.29 is 4.79 Å². The number of carbonyl (C=O) groups is 1. The van der Waals surface area contributed by atoms with E-state index in [-0.39, 0.29) is 11.9 Å². The summed E-state index contributed by atoms with van der Waals surface area (Å²) in [6.45, 7) is 6.13. The van der Waals surface area contributed by atoms with E-state index >= 15 is 0 Å². The number of nitrogens with zero attached hydrogens (tertiary/aromatic N) is 1. The monoisotopic (exact) mass is 234 g/mol. The van der Waals surface area contributed by atoms with Crippen LogP contribution in [0.3, 0.4) is 0 Å². The van der Waals surface area contributed by atoms with Crippen molar-refractivity contribution in [1.29, 1.82) is 0 Å². The van der Waals surface area contributed by atoms with E-state index in [4.69, 9.17) is 0 Å². The average Bonchev–Trinajstić information content (AvgIpc) is 2.30. The van der Waals surface area contributed by atoms with Crippen LogP contribution in [-0.4, -0.2) is 30.9 Å². The van der Waals surface area contributed by atoms with Crippen molar-refractivity contribution in [3.8, 4) is 0 Å². The van der Waals surface area contributed by atoms with Gasteiger partial charge in [0.25, 0.3) is 0 Å². The van der Waals surface area contributed by atoms with Crippen molar-refractivity contribution in [3.05, 3.63) is 29.3 Å². The molecule has 0 bridgehead atoms. The first kappa shape index (κ1) is 13.6. The minimum absolute atomic E-state index is 0.0867. The fraction of sp³-hybridized carbons (Fsp3) is 0.500. The number of nitrogens with one attached hydrogen (secondary N) is 1. The van der Waals surface area contributed by atoms with Crippen LogP contribution in [0.1, 0.15) is 25.0 Å². The van der Waals surface area contributed by atoms with E-state index in [0.29, 0.717) is 0 Å². The van der Waals surface area contributed by atoms with Gasteiger partial charge in [0.05, 0.1) is 0 Å². The first-order valence-electron chi connectivity index (χ1n) is 6.03. The van der Waals surface area contributed by atoms with Gasteiger partial charge in [0.1, 0.15) is 6.04 Å². The molecule has 0 radical (unpaired) electrons. The quantitative estimate of drug-likeness (QED) is 0.868. The van der Waals surface area contributed by atoms with Gasteiger partial charge in [-0.25, -0.2) is 0 Å². The van der Waals surface area contributed by atoms with Crippen LogP contribution in [0.25, 0.3) is 0 Å². The molecule has 1 aromatic rings. The average molecular weight is 234 g/mol. The smallest absolute Gasteiger partial charge is 0.244 e. The summed E-state index contributed by atoms with van der Waals surface area (Å²) >= 11 is 0. The van der Waals surface area contributed by atoms with Crippen molar-refractivity contribution in [2.75, 3.05) is 19.4 Å². The fourth-order valence-electron chi connectivity index (χ4n) is 1.84. The largest absolute Gasteiger partial charge is 0.374 e. The molecule has 0 fully saturated rings. The van der Waals surface area contributed by atoms with E-state index in [1.807, 2.05) is 13.0 Å². The SMILES string of the molecule is CCc1cc(NC(C)C(=O)N(C)C)ccc1C. The molecule has 1 amide bonds. The molecule has 1 atom stereocenters. The van der Waals surface area contributed by atoms with Crippen LogP contribution >= 0.6 is 0 Å². The molecule has 1 N–H and O–H groups in total. The van der Waals surface area contributed by atoms with Crippen LogP contribution in [0.2, 0.25) is 0 Å². The Kier molecular flexibility index (Phi) is 4.55. The summed E-state index contributed by atoms with van der Waals surface area (Å²) in [4.78, 5) is 13.3. The Balaban J connectivity index is 2.78. The number of anilines is 1. The maximum absolute atomic E-state index is 11.7. The number of amides is 1. The number of hydrogen-bond acceptors (Lipinski definition) is 2. The summed E-state index contributed by atoms with van der Waals surface area (Å²) in [5.41, 5.74) is 3.62. The molecule has 0 saturated heterocycles. The third-order valence-electron chi connectivity index (χ3n) is 2.92. The molecule has 1 unspecified atom stereocenters. The molecule has 0 aromatic heterocycles. The molecule has 94 valence electrons. The number of benzene rings is 1. The summed E-state index contributed by atoms with van der Waals surface area (Å²) in [5.74, 6) is 0.0867. The van der Waals surface area contributed by atoms with Crippen LogP contribution in [0.5, 0.6) is 0 Å². The number of hydrogen-bond donors (Lipinski definition) is 1. The second-order valence-electron chi connectivity index (χ2n) is 4.59. The van der Waals surface area contributed by atoms with E-state index in [0.717, 1.165) is 12.1 Å². The van der Waals surface area contributed by atoms with E-state index < -0.39 is 0 Å². The second-order valence-corrected chi connectivity index (χ2v) is 4.59. The van der Waals surface area contributed by atoms with Crippen LogP contribution in [0.15, 0.2) is 18.2 Å². The molecule has 1 aromatic carbocycles. The first-order valence-corrected chi connectivity index (χ1v) is 6.03. The van der Waals surface area contributed by atoms with Gasteiger partial charge in [-0.3, -0.25) is 4.79 Å². The summed E-state index contributed by atoms with van der Waals surface area (Å²) < 4.78 is 0. The van der Waals surface area contributed by atoms with E-state index in [2.05, 4.69) is 31.3 Å². The molecule has 3 heteroatoms. The molecule has 0 saturated carbocycles. The van der Waals surface area contributed by atoms with Crippen molar-refractivity contribution in [2.24, 2.45) is 0 Å². The highest BCUT2D eigenvalue weighted by atomic mass is 16.2. The molecule has 3 nitrogen and oxygen atoms in total. The predicted octanol–water partition coefficient (Wildman–Crippen LogP) is 2.45. The zero-order valence-electron chi connectivity index (χ0n) is 11.4. The molecular weight excluding hydrogens is 212 g/mol. The molecular formula is C14H22N2O. The van der Waals surface area contributed by atoms with Crippen molar-refractivity contribution in [1.82, 2.24) is 4.90 Å². The van der Waals surface area contributed by atoms with Gasteiger partial charge in [0.2, 0.25) is 5.91 Å². The van der Waals surface area contributed by atoms with Crippen molar-refractivity contribution >= 4 is 11.6 Å². The molecule has 0 aliphatic carbocycles. The molecule has 0 aliphatic rings. The summed E-state index contributed by atoms with van der Waals surface area (Å²) in [5, 5.41) is 3.23. The van der Waals surface area contributed by atoms with Gasteiger partial charge in [-0.15, -0.1) is 0 Å². The number of aryl methyl sites for hydroxylation is 2. The molecule has 1 rings (SSSR count). The first-order chi connectivity index (χ1) is 7.95. The highest BCUT2D eigenvalue weighted by Crippen LogP contribution is 2.16. The van der Waals surface area contributed by atoms with Crippen LogP contribution in [0, 0.1) is 6.92 Å². The Bertz CT molecular complexity index is 399. The van der Waals surface area contributed by atoms with E-state index in [9.17, 15) is 4.79 Å². The minimum Gasteiger partial charge on any atom is -0.374 e. The topological polar surface area (TPSA) is 32.3 Å². The Morgan fingerprint density at radius 2 is 2.06 bits per heavy atom. The van der Waals surface area contributed by atoms with Crippen LogP contribution in [-0.2, 0) is 11.2 Å². The Hall–Kier alpha value is -1.51.